The summed E-state index contributed by atoms with van der Waals surface area (Å²) in [5.41, 5.74) is 8.05. The molecule has 2 aromatic heterocycles. The average molecular weight is 757 g/mol. The molecule has 1 aliphatic carbocycles. The minimum Gasteiger partial charge on any atom is -0.318 e. The van der Waals surface area contributed by atoms with Crippen LogP contribution in [0, 0.1) is 22.7 Å². The maximum atomic E-state index is 10.8. The number of benzene rings is 7. The Balaban J connectivity index is 1.17. The number of pyridine rings is 2. The molecule has 1 aliphatic rings. The molecule has 0 saturated carbocycles. The fourth-order valence-electron chi connectivity index (χ4n) is 8.70. The number of hydrogen-bond donors (Lipinski definition) is 0. The SMILES string of the molecule is N#CC1=CC(c2ccccc2)=CCCC1N(c1ccccn1)c1ccc2ccc3c(N(c4ccccn4)c4ccc(-c5ccccc5)cc4C#N)ccc4ccc1c2c43. The zero-order chi connectivity index (χ0) is 39.7. The second-order valence-electron chi connectivity index (χ2n) is 14.7. The van der Waals surface area contributed by atoms with Crippen molar-refractivity contribution in [1.82, 2.24) is 9.97 Å². The van der Waals surface area contributed by atoms with Crippen molar-refractivity contribution in [2.24, 2.45) is 0 Å². The predicted octanol–water partition coefficient (Wildman–Crippen LogP) is 13.2. The van der Waals surface area contributed by atoms with E-state index >= 15 is 0 Å². The maximum Gasteiger partial charge on any atom is 0.137 e. The van der Waals surface area contributed by atoms with Gasteiger partial charge in [-0.15, -0.1) is 0 Å². The third-order valence-corrected chi connectivity index (χ3v) is 11.4. The molecule has 1 atom stereocenters. The average Bonchev–Trinajstić information content (AvgIpc) is 3.53. The first-order valence-corrected chi connectivity index (χ1v) is 19.8. The smallest absolute Gasteiger partial charge is 0.137 e. The number of aromatic nitrogens is 2. The third kappa shape index (κ3) is 6.30. The summed E-state index contributed by atoms with van der Waals surface area (Å²) in [6.07, 6.45) is 9.45. The highest BCUT2D eigenvalue weighted by molar-refractivity contribution is 6.28. The Morgan fingerprint density at radius 2 is 1.12 bits per heavy atom. The monoisotopic (exact) mass is 756 g/mol. The molecule has 0 amide bonds. The van der Waals surface area contributed by atoms with Crippen molar-refractivity contribution >= 4 is 66.6 Å². The Labute approximate surface area is 342 Å². The zero-order valence-corrected chi connectivity index (χ0v) is 32.1. The number of hydrogen-bond acceptors (Lipinski definition) is 6. The van der Waals surface area contributed by atoms with E-state index in [1.54, 1.807) is 6.20 Å². The standard InChI is InChI=1S/C53H36N6/c54-34-42-32-40(36-12-3-1-4-13-36)16-11-17-46(42)58(50-18-7-9-30-56-50)48-28-22-38-21-26-45-49(29-23-39-20-25-44(48)52(38)53(39)45)59(51-19-8-10-31-57-51)47-27-24-41(33-43(47)35-55)37-14-5-2-6-15-37/h1-10,12-16,18-33,46H,11,17H2. The van der Waals surface area contributed by atoms with Crippen molar-refractivity contribution in [3.63, 3.8) is 0 Å². The van der Waals surface area contributed by atoms with E-state index in [1.807, 2.05) is 91.1 Å². The van der Waals surface area contributed by atoms with Crippen molar-refractivity contribution in [2.45, 2.75) is 18.9 Å². The fraction of sp³-hybridized carbons (Fsp3) is 0.0566. The molecule has 278 valence electrons. The lowest BCUT2D eigenvalue weighted by Crippen LogP contribution is -2.33. The Morgan fingerprint density at radius 1 is 0.525 bits per heavy atom. The predicted molar refractivity (Wildman–Crippen MR) is 240 cm³/mol. The van der Waals surface area contributed by atoms with E-state index in [9.17, 15) is 10.5 Å². The Bertz CT molecular complexity index is 3130. The van der Waals surface area contributed by atoms with Gasteiger partial charge in [-0.25, -0.2) is 9.97 Å². The van der Waals surface area contributed by atoms with Crippen LogP contribution in [0.1, 0.15) is 24.0 Å². The van der Waals surface area contributed by atoms with Crippen LogP contribution in [0.4, 0.5) is 28.7 Å². The highest BCUT2D eigenvalue weighted by atomic mass is 15.2. The van der Waals surface area contributed by atoms with Crippen molar-refractivity contribution in [2.75, 3.05) is 9.80 Å². The number of allylic oxidation sites excluding steroid dienone is 3. The Hall–Kier alpha value is -8.06. The van der Waals surface area contributed by atoms with Gasteiger partial charge in [0.05, 0.1) is 40.3 Å². The quantitative estimate of drug-likeness (QED) is 0.144. The number of rotatable bonds is 8. The summed E-state index contributed by atoms with van der Waals surface area (Å²) in [5, 5.41) is 28.0. The van der Waals surface area contributed by atoms with Gasteiger partial charge in [-0.3, -0.25) is 4.90 Å². The second-order valence-corrected chi connectivity index (χ2v) is 14.7. The molecule has 6 nitrogen and oxygen atoms in total. The molecule has 1 unspecified atom stereocenters. The van der Waals surface area contributed by atoms with E-state index in [2.05, 4.69) is 113 Å². The number of nitriles is 2. The van der Waals surface area contributed by atoms with Gasteiger partial charge in [-0.05, 0) is 111 Å². The highest BCUT2D eigenvalue weighted by Crippen LogP contribution is 2.47. The molecular weight excluding hydrogens is 721 g/mol. The summed E-state index contributed by atoms with van der Waals surface area (Å²) >= 11 is 0. The molecule has 6 heteroatoms. The number of nitrogens with zero attached hydrogens (tertiary/aromatic N) is 6. The van der Waals surface area contributed by atoms with Crippen LogP contribution in [-0.2, 0) is 0 Å². The van der Waals surface area contributed by atoms with Crippen molar-refractivity contribution in [3.05, 3.63) is 205 Å². The molecule has 0 fully saturated rings. The first-order chi connectivity index (χ1) is 29.2. The molecule has 59 heavy (non-hydrogen) atoms. The molecule has 10 rings (SSSR count). The molecule has 0 spiro atoms. The molecule has 0 bridgehead atoms. The molecule has 0 aliphatic heterocycles. The summed E-state index contributed by atoms with van der Waals surface area (Å²) < 4.78 is 0. The van der Waals surface area contributed by atoms with Crippen LogP contribution in [0.25, 0.3) is 49.0 Å². The largest absolute Gasteiger partial charge is 0.318 e. The van der Waals surface area contributed by atoms with Crippen LogP contribution in [0.5, 0.6) is 0 Å². The lowest BCUT2D eigenvalue weighted by molar-refractivity contribution is 0.691. The Morgan fingerprint density at radius 3 is 1.76 bits per heavy atom. The summed E-state index contributed by atoms with van der Waals surface area (Å²) in [6.45, 7) is 0. The maximum absolute atomic E-state index is 10.8. The lowest BCUT2D eigenvalue weighted by Gasteiger charge is -2.34. The van der Waals surface area contributed by atoms with Gasteiger partial charge >= 0.3 is 0 Å². The van der Waals surface area contributed by atoms with E-state index < -0.39 is 0 Å². The first kappa shape index (κ1) is 35.4. The lowest BCUT2D eigenvalue weighted by atomic mass is 9.91. The van der Waals surface area contributed by atoms with Crippen molar-refractivity contribution < 1.29 is 0 Å². The minimum atomic E-state index is -0.260. The molecule has 2 heterocycles. The van der Waals surface area contributed by atoms with E-state index in [0.29, 0.717) is 17.0 Å². The molecular formula is C53H36N6. The van der Waals surface area contributed by atoms with Crippen molar-refractivity contribution in [3.8, 4) is 23.3 Å². The van der Waals surface area contributed by atoms with Gasteiger partial charge in [-0.1, -0.05) is 121 Å². The highest BCUT2D eigenvalue weighted by Gasteiger charge is 2.29. The van der Waals surface area contributed by atoms with Gasteiger partial charge < -0.3 is 4.90 Å². The molecule has 7 aromatic carbocycles. The van der Waals surface area contributed by atoms with Crippen molar-refractivity contribution in [1.29, 1.82) is 10.5 Å². The summed E-state index contributed by atoms with van der Waals surface area (Å²) in [7, 11) is 0. The van der Waals surface area contributed by atoms with Gasteiger partial charge in [0.2, 0.25) is 0 Å². The van der Waals surface area contributed by atoms with E-state index in [4.69, 9.17) is 9.97 Å². The van der Waals surface area contributed by atoms with Gasteiger partial charge in [-0.2, -0.15) is 10.5 Å². The van der Waals surface area contributed by atoms with Crippen LogP contribution >= 0.6 is 0 Å². The Kier molecular flexibility index (Phi) is 9.06. The summed E-state index contributed by atoms with van der Waals surface area (Å²) in [4.78, 5) is 14.1. The van der Waals surface area contributed by atoms with E-state index in [-0.39, 0.29) is 6.04 Å². The minimum absolute atomic E-state index is 0.260. The number of anilines is 5. The van der Waals surface area contributed by atoms with Crippen LogP contribution < -0.4 is 9.80 Å². The zero-order valence-electron chi connectivity index (χ0n) is 32.1. The molecule has 9 aromatic rings. The van der Waals surface area contributed by atoms with Gasteiger partial charge in [0.1, 0.15) is 17.7 Å². The molecule has 0 saturated heterocycles. The fourth-order valence-corrected chi connectivity index (χ4v) is 8.70. The normalized spacial score (nSPS) is 14.0. The third-order valence-electron chi connectivity index (χ3n) is 11.4. The second kappa shape index (κ2) is 15.1. The topological polar surface area (TPSA) is 79.8 Å². The summed E-state index contributed by atoms with van der Waals surface area (Å²) in [6, 6.07) is 60.6. The van der Waals surface area contributed by atoms with E-state index in [1.165, 1.54) is 0 Å². The summed E-state index contributed by atoms with van der Waals surface area (Å²) in [5.74, 6) is 1.49. The van der Waals surface area contributed by atoms with Crippen LogP contribution in [0.15, 0.2) is 194 Å². The van der Waals surface area contributed by atoms with Gasteiger partial charge in [0.25, 0.3) is 0 Å². The van der Waals surface area contributed by atoms with Gasteiger partial charge in [0.15, 0.2) is 0 Å². The molecule has 0 N–H and O–H groups in total. The first-order valence-electron chi connectivity index (χ1n) is 19.8. The van der Waals surface area contributed by atoms with E-state index in [0.717, 1.165) is 90.3 Å². The molecule has 0 radical (unpaired) electrons. The van der Waals surface area contributed by atoms with Gasteiger partial charge in [0, 0.05) is 23.2 Å². The van der Waals surface area contributed by atoms with Crippen LogP contribution in [0.3, 0.4) is 0 Å². The van der Waals surface area contributed by atoms with Crippen LogP contribution in [-0.4, -0.2) is 16.0 Å². The van der Waals surface area contributed by atoms with Crippen LogP contribution in [0.2, 0.25) is 0 Å².